The number of nitrogens with zero attached hydrogens (tertiary/aromatic N) is 1. The van der Waals surface area contributed by atoms with Gasteiger partial charge in [-0.1, -0.05) is 24.3 Å². The summed E-state index contributed by atoms with van der Waals surface area (Å²) in [5, 5.41) is 0. The van der Waals surface area contributed by atoms with E-state index in [0.717, 1.165) is 24.8 Å². The fraction of sp³-hybridized carbons (Fsp3) is 0.312. The van der Waals surface area contributed by atoms with Crippen LogP contribution in [-0.2, 0) is 6.42 Å². The van der Waals surface area contributed by atoms with E-state index in [1.54, 1.807) is 6.20 Å². The molecule has 3 N–H and O–H groups in total. The second kappa shape index (κ2) is 5.69. The number of aromatic nitrogens is 1. The van der Waals surface area contributed by atoms with Gasteiger partial charge in [-0.15, -0.1) is 0 Å². The predicted molar refractivity (Wildman–Crippen MR) is 76.4 cm³/mol. The summed E-state index contributed by atoms with van der Waals surface area (Å²) in [5.41, 5.74) is 6.33. The first kappa shape index (κ1) is 13.2. The zero-order valence-electron chi connectivity index (χ0n) is 11.2. The third kappa shape index (κ3) is 2.44. The highest BCUT2D eigenvalue weighted by Crippen LogP contribution is 2.39. The molecule has 3 nitrogen and oxygen atoms in total. The molecule has 0 spiro atoms. The summed E-state index contributed by atoms with van der Waals surface area (Å²) >= 11 is 0. The van der Waals surface area contributed by atoms with Gasteiger partial charge in [0, 0.05) is 12.1 Å². The molecule has 2 aromatic rings. The molecule has 0 saturated heterocycles. The van der Waals surface area contributed by atoms with Crippen molar-refractivity contribution in [2.45, 2.75) is 31.2 Å². The Morgan fingerprint density at radius 2 is 2.15 bits per heavy atom. The fourth-order valence-corrected chi connectivity index (χ4v) is 3.18. The molecule has 2 unspecified atom stereocenters. The Labute approximate surface area is 118 Å². The zero-order chi connectivity index (χ0) is 13.9. The summed E-state index contributed by atoms with van der Waals surface area (Å²) in [6.45, 7) is 0. The van der Waals surface area contributed by atoms with Crippen LogP contribution in [0.4, 0.5) is 4.39 Å². The van der Waals surface area contributed by atoms with Crippen LogP contribution < -0.4 is 11.3 Å². The van der Waals surface area contributed by atoms with Crippen LogP contribution in [-0.4, -0.2) is 4.98 Å². The lowest BCUT2D eigenvalue weighted by molar-refractivity contribution is 0.406. The highest BCUT2D eigenvalue weighted by Gasteiger charge is 2.28. The Morgan fingerprint density at radius 3 is 2.95 bits per heavy atom. The number of halogens is 1. The zero-order valence-corrected chi connectivity index (χ0v) is 11.2. The molecule has 20 heavy (non-hydrogen) atoms. The van der Waals surface area contributed by atoms with Gasteiger partial charge < -0.3 is 0 Å². The summed E-state index contributed by atoms with van der Waals surface area (Å²) in [4.78, 5) is 3.93. The van der Waals surface area contributed by atoms with Gasteiger partial charge in [-0.3, -0.25) is 16.3 Å². The van der Waals surface area contributed by atoms with E-state index in [-0.39, 0.29) is 17.8 Å². The molecule has 0 saturated carbocycles. The van der Waals surface area contributed by atoms with Crippen molar-refractivity contribution in [1.82, 2.24) is 10.4 Å². The summed E-state index contributed by atoms with van der Waals surface area (Å²) in [7, 11) is 0. The maximum atomic E-state index is 13.4. The molecule has 0 amide bonds. The molecule has 104 valence electrons. The molecule has 1 aliphatic rings. The summed E-state index contributed by atoms with van der Waals surface area (Å²) in [6.07, 6.45) is 6.17. The van der Waals surface area contributed by atoms with Gasteiger partial charge in [-0.25, -0.2) is 4.39 Å². The van der Waals surface area contributed by atoms with E-state index in [2.05, 4.69) is 34.7 Å². The number of nitrogens with one attached hydrogen (secondary N) is 1. The molecule has 0 aliphatic heterocycles. The SMILES string of the molecule is NNC(c1cncc(F)c1)C1CCCc2ccccc21. The van der Waals surface area contributed by atoms with E-state index in [4.69, 9.17) is 5.84 Å². The number of rotatable bonds is 3. The van der Waals surface area contributed by atoms with Crippen molar-refractivity contribution >= 4 is 0 Å². The minimum Gasteiger partial charge on any atom is -0.271 e. The number of aryl methyl sites for hydroxylation is 1. The topological polar surface area (TPSA) is 50.9 Å². The minimum atomic E-state index is -0.327. The summed E-state index contributed by atoms with van der Waals surface area (Å²) < 4.78 is 13.4. The van der Waals surface area contributed by atoms with Gasteiger partial charge in [0.05, 0.1) is 12.2 Å². The number of hydrogen-bond donors (Lipinski definition) is 2. The van der Waals surface area contributed by atoms with Crippen LogP contribution in [0.1, 0.15) is 41.5 Å². The molecule has 0 bridgehead atoms. The lowest BCUT2D eigenvalue weighted by Crippen LogP contribution is -2.34. The Balaban J connectivity index is 1.99. The molecule has 1 aromatic carbocycles. The maximum absolute atomic E-state index is 13.4. The Morgan fingerprint density at radius 1 is 1.30 bits per heavy atom. The van der Waals surface area contributed by atoms with Crippen LogP contribution in [0.15, 0.2) is 42.7 Å². The Kier molecular flexibility index (Phi) is 3.76. The normalized spacial score (nSPS) is 19.4. The van der Waals surface area contributed by atoms with Crippen molar-refractivity contribution in [3.8, 4) is 0 Å². The van der Waals surface area contributed by atoms with E-state index in [1.807, 2.05) is 0 Å². The molecular formula is C16H18FN3. The molecule has 1 heterocycles. The smallest absolute Gasteiger partial charge is 0.141 e. The Hall–Kier alpha value is -1.78. The highest BCUT2D eigenvalue weighted by atomic mass is 19.1. The van der Waals surface area contributed by atoms with Gasteiger partial charge in [-0.2, -0.15) is 0 Å². The Bertz CT molecular complexity index is 600. The first-order valence-corrected chi connectivity index (χ1v) is 6.94. The molecule has 1 aliphatic carbocycles. The number of nitrogens with two attached hydrogens (primary N) is 1. The van der Waals surface area contributed by atoms with Gasteiger partial charge in [0.1, 0.15) is 5.82 Å². The monoisotopic (exact) mass is 271 g/mol. The van der Waals surface area contributed by atoms with Crippen molar-refractivity contribution in [2.24, 2.45) is 5.84 Å². The summed E-state index contributed by atoms with van der Waals surface area (Å²) in [5.74, 6) is 5.67. The molecule has 4 heteroatoms. The van der Waals surface area contributed by atoms with E-state index in [0.29, 0.717) is 0 Å². The molecule has 3 rings (SSSR count). The number of fused-ring (bicyclic) bond motifs is 1. The first-order valence-electron chi connectivity index (χ1n) is 6.94. The van der Waals surface area contributed by atoms with Gasteiger partial charge in [0.15, 0.2) is 0 Å². The molecular weight excluding hydrogens is 253 g/mol. The van der Waals surface area contributed by atoms with Crippen LogP contribution in [0.2, 0.25) is 0 Å². The van der Waals surface area contributed by atoms with E-state index < -0.39 is 0 Å². The lowest BCUT2D eigenvalue weighted by atomic mass is 9.77. The highest BCUT2D eigenvalue weighted by molar-refractivity contribution is 5.35. The summed E-state index contributed by atoms with van der Waals surface area (Å²) in [6, 6.07) is 9.83. The number of pyridine rings is 1. The maximum Gasteiger partial charge on any atom is 0.141 e. The van der Waals surface area contributed by atoms with Crippen molar-refractivity contribution in [1.29, 1.82) is 0 Å². The standard InChI is InChI=1S/C16H18FN3/c17-13-8-12(9-19-10-13)16(20-18)15-7-3-5-11-4-1-2-6-14(11)15/h1-2,4,6,8-10,15-16,20H,3,5,7,18H2. The van der Waals surface area contributed by atoms with Crippen LogP contribution in [0.5, 0.6) is 0 Å². The largest absolute Gasteiger partial charge is 0.271 e. The van der Waals surface area contributed by atoms with Crippen LogP contribution in [0.25, 0.3) is 0 Å². The number of benzene rings is 1. The van der Waals surface area contributed by atoms with Crippen LogP contribution >= 0.6 is 0 Å². The number of hydrazine groups is 1. The predicted octanol–water partition coefficient (Wildman–Crippen LogP) is 2.85. The van der Waals surface area contributed by atoms with Crippen LogP contribution in [0, 0.1) is 5.82 Å². The van der Waals surface area contributed by atoms with Crippen molar-refractivity contribution < 1.29 is 4.39 Å². The number of hydrogen-bond acceptors (Lipinski definition) is 3. The molecule has 2 atom stereocenters. The second-order valence-corrected chi connectivity index (χ2v) is 5.28. The first-order chi connectivity index (χ1) is 9.79. The fourth-order valence-electron chi connectivity index (χ4n) is 3.18. The molecule has 0 fully saturated rings. The van der Waals surface area contributed by atoms with Gasteiger partial charge in [-0.05, 0) is 42.0 Å². The van der Waals surface area contributed by atoms with Crippen LogP contribution in [0.3, 0.4) is 0 Å². The van der Waals surface area contributed by atoms with E-state index in [1.165, 1.54) is 23.4 Å². The van der Waals surface area contributed by atoms with Crippen molar-refractivity contribution in [3.63, 3.8) is 0 Å². The van der Waals surface area contributed by atoms with Crippen molar-refractivity contribution in [2.75, 3.05) is 0 Å². The third-order valence-corrected chi connectivity index (χ3v) is 4.08. The van der Waals surface area contributed by atoms with E-state index >= 15 is 0 Å². The van der Waals surface area contributed by atoms with Gasteiger partial charge in [0.2, 0.25) is 0 Å². The van der Waals surface area contributed by atoms with Gasteiger partial charge in [0.25, 0.3) is 0 Å². The third-order valence-electron chi connectivity index (χ3n) is 4.08. The second-order valence-electron chi connectivity index (χ2n) is 5.28. The molecule has 1 aromatic heterocycles. The molecule has 0 radical (unpaired) electrons. The van der Waals surface area contributed by atoms with Crippen molar-refractivity contribution in [3.05, 3.63) is 65.2 Å². The minimum absolute atomic E-state index is 0.111. The quantitative estimate of drug-likeness (QED) is 0.666. The van der Waals surface area contributed by atoms with E-state index in [9.17, 15) is 4.39 Å². The van der Waals surface area contributed by atoms with Gasteiger partial charge >= 0.3 is 0 Å². The average Bonchev–Trinajstić information content (AvgIpc) is 2.48. The lowest BCUT2D eigenvalue weighted by Gasteiger charge is -2.32. The average molecular weight is 271 g/mol.